The molecule has 70 valence electrons. The second kappa shape index (κ2) is 5.73. The third-order valence-corrected chi connectivity index (χ3v) is 1.09. The Morgan fingerprint density at radius 3 is 2.77 bits per heavy atom. The van der Waals surface area contributed by atoms with Crippen LogP contribution in [0.2, 0.25) is 0 Å². The van der Waals surface area contributed by atoms with Crippen molar-refractivity contribution in [1.29, 1.82) is 0 Å². The number of carbonyl (C=O) groups is 3. The van der Waals surface area contributed by atoms with Gasteiger partial charge in [-0.3, -0.25) is 14.4 Å². The van der Waals surface area contributed by atoms with Crippen LogP contribution < -0.4 is 0 Å². The summed E-state index contributed by atoms with van der Waals surface area (Å²) in [4.78, 5) is 33.5. The molecule has 0 heterocycles. The summed E-state index contributed by atoms with van der Waals surface area (Å²) in [5.74, 6) is -1.69. The van der Waals surface area contributed by atoms with Crippen LogP contribution in [0.25, 0.3) is 10.4 Å². The Hall–Kier alpha value is -1.88. The lowest BCUT2D eigenvalue weighted by Crippen LogP contribution is -2.25. The highest BCUT2D eigenvalue weighted by Crippen LogP contribution is 1.92. The Kier molecular flexibility index (Phi) is 4.90. The van der Waals surface area contributed by atoms with Crippen LogP contribution in [-0.2, 0) is 19.1 Å². The van der Waals surface area contributed by atoms with E-state index >= 15 is 0 Å². The van der Waals surface area contributed by atoms with Crippen molar-refractivity contribution in [3.63, 3.8) is 0 Å². The molecule has 0 saturated heterocycles. The van der Waals surface area contributed by atoms with Crippen LogP contribution in [0.15, 0.2) is 5.11 Å². The van der Waals surface area contributed by atoms with Crippen LogP contribution in [0.5, 0.6) is 0 Å². The number of esters is 1. The smallest absolute Gasteiger partial charge is 0.312 e. The zero-order valence-corrected chi connectivity index (χ0v) is 6.84. The normalized spacial score (nSPS) is 10.8. The second-order valence-corrected chi connectivity index (χ2v) is 2.04. The number of carbonyl (C=O) groups excluding carboxylic acids is 3. The largest absolute Gasteiger partial charge is 0.454 e. The number of ketones is 1. The van der Waals surface area contributed by atoms with E-state index in [-0.39, 0.29) is 6.29 Å². The Labute approximate surface area is 73.3 Å². The molecule has 0 aliphatic heterocycles. The van der Waals surface area contributed by atoms with Gasteiger partial charge in [-0.15, -0.1) is 0 Å². The highest BCUT2D eigenvalue weighted by atomic mass is 16.5. The van der Waals surface area contributed by atoms with E-state index in [9.17, 15) is 14.4 Å². The third kappa shape index (κ3) is 4.54. The van der Waals surface area contributed by atoms with Gasteiger partial charge in [-0.05, 0) is 12.5 Å². The molecule has 0 aliphatic rings. The average molecular weight is 185 g/mol. The molecular formula is C6H7N3O4. The molecule has 13 heavy (non-hydrogen) atoms. The summed E-state index contributed by atoms with van der Waals surface area (Å²) < 4.78 is 4.42. The minimum atomic E-state index is -1.13. The summed E-state index contributed by atoms with van der Waals surface area (Å²) in [5.41, 5.74) is 7.83. The number of rotatable bonds is 5. The number of azide groups is 1. The monoisotopic (exact) mass is 185 g/mol. The number of hydrogen-bond acceptors (Lipinski definition) is 5. The molecule has 0 rings (SSSR count). The molecule has 0 aliphatic carbocycles. The predicted molar refractivity (Wildman–Crippen MR) is 40.6 cm³/mol. The van der Waals surface area contributed by atoms with E-state index in [0.29, 0.717) is 0 Å². The molecule has 0 aromatic rings. The fourth-order valence-electron chi connectivity index (χ4n) is 0.478. The summed E-state index contributed by atoms with van der Waals surface area (Å²) in [6, 6.07) is 0. The van der Waals surface area contributed by atoms with Crippen molar-refractivity contribution in [3.8, 4) is 0 Å². The lowest BCUT2D eigenvalue weighted by atomic mass is 10.3. The minimum absolute atomic E-state index is 0.0610. The van der Waals surface area contributed by atoms with Crippen LogP contribution >= 0.6 is 0 Å². The molecule has 1 unspecified atom stereocenters. The van der Waals surface area contributed by atoms with Crippen LogP contribution in [0.4, 0.5) is 0 Å². The molecule has 0 N–H and O–H groups in total. The van der Waals surface area contributed by atoms with Gasteiger partial charge in [0.05, 0.1) is 0 Å². The van der Waals surface area contributed by atoms with E-state index in [1.165, 1.54) is 6.92 Å². The molecule has 0 radical (unpaired) electrons. The number of hydrogen-bond donors (Lipinski definition) is 0. The molecule has 7 heteroatoms. The summed E-state index contributed by atoms with van der Waals surface area (Å²) in [5, 5.41) is 2.92. The van der Waals surface area contributed by atoms with Gasteiger partial charge in [-0.2, -0.15) is 0 Å². The SMILES string of the molecule is CC(OC(=O)CN=[N+]=[N-])C(=O)C=O. The summed E-state index contributed by atoms with van der Waals surface area (Å²) in [6.07, 6.45) is -1.07. The Bertz CT molecular complexity index is 269. The topological polar surface area (TPSA) is 109 Å². The van der Waals surface area contributed by atoms with Gasteiger partial charge in [-0.1, -0.05) is 5.11 Å². The Balaban J connectivity index is 3.97. The van der Waals surface area contributed by atoms with Crippen molar-refractivity contribution < 1.29 is 19.1 Å². The maximum absolute atomic E-state index is 10.7. The number of Topliss-reactive ketones (excluding diaryl/α,β-unsaturated/α-hetero) is 1. The van der Waals surface area contributed by atoms with Gasteiger partial charge in [-0.25, -0.2) is 0 Å². The minimum Gasteiger partial charge on any atom is -0.454 e. The predicted octanol–water partition coefficient (Wildman–Crippen LogP) is -0.00360. The van der Waals surface area contributed by atoms with Gasteiger partial charge in [0.1, 0.15) is 6.54 Å². The Morgan fingerprint density at radius 1 is 1.69 bits per heavy atom. The zero-order valence-electron chi connectivity index (χ0n) is 6.84. The lowest BCUT2D eigenvalue weighted by molar-refractivity contribution is -0.153. The van der Waals surface area contributed by atoms with Crippen LogP contribution in [0, 0.1) is 0 Å². The van der Waals surface area contributed by atoms with Crippen LogP contribution in [0.3, 0.4) is 0 Å². The number of nitrogens with zero attached hydrogens (tertiary/aromatic N) is 3. The second-order valence-electron chi connectivity index (χ2n) is 2.04. The van der Waals surface area contributed by atoms with Crippen LogP contribution in [-0.4, -0.2) is 30.7 Å². The van der Waals surface area contributed by atoms with E-state index in [2.05, 4.69) is 14.8 Å². The molecule has 7 nitrogen and oxygen atoms in total. The van der Waals surface area contributed by atoms with E-state index in [0.717, 1.165) is 0 Å². The molecule has 0 aromatic carbocycles. The van der Waals surface area contributed by atoms with Gasteiger partial charge in [0.15, 0.2) is 12.4 Å². The van der Waals surface area contributed by atoms with Crippen molar-refractivity contribution in [2.45, 2.75) is 13.0 Å². The molecule has 0 spiro atoms. The van der Waals surface area contributed by atoms with Crippen molar-refractivity contribution in [1.82, 2.24) is 0 Å². The van der Waals surface area contributed by atoms with E-state index in [1.807, 2.05) is 0 Å². The molecule has 1 atom stereocenters. The summed E-state index contributed by atoms with van der Waals surface area (Å²) in [6.45, 7) is 0.762. The maximum Gasteiger partial charge on any atom is 0.312 e. The van der Waals surface area contributed by atoms with Gasteiger partial charge in [0, 0.05) is 4.91 Å². The van der Waals surface area contributed by atoms with Gasteiger partial charge in [0.2, 0.25) is 5.78 Å². The first kappa shape index (κ1) is 11.1. The van der Waals surface area contributed by atoms with Gasteiger partial charge < -0.3 is 4.74 Å². The fraction of sp³-hybridized carbons (Fsp3) is 0.500. The van der Waals surface area contributed by atoms with Crippen LogP contribution in [0.1, 0.15) is 6.92 Å². The first-order valence-corrected chi connectivity index (χ1v) is 3.31. The van der Waals surface area contributed by atoms with Crippen molar-refractivity contribution in [2.75, 3.05) is 6.54 Å². The zero-order chi connectivity index (χ0) is 10.3. The highest BCUT2D eigenvalue weighted by Gasteiger charge is 2.15. The molecule has 0 saturated carbocycles. The molecule has 0 bridgehead atoms. The van der Waals surface area contributed by atoms with Crippen molar-refractivity contribution in [3.05, 3.63) is 10.4 Å². The van der Waals surface area contributed by atoms with Crippen molar-refractivity contribution >= 4 is 18.0 Å². The van der Waals surface area contributed by atoms with E-state index in [1.54, 1.807) is 0 Å². The fourth-order valence-corrected chi connectivity index (χ4v) is 0.478. The Morgan fingerprint density at radius 2 is 2.31 bits per heavy atom. The number of ether oxygens (including phenoxy) is 1. The van der Waals surface area contributed by atoms with E-state index in [4.69, 9.17) is 5.53 Å². The molecule has 0 amide bonds. The maximum atomic E-state index is 10.7. The third-order valence-electron chi connectivity index (χ3n) is 1.09. The van der Waals surface area contributed by atoms with Crippen molar-refractivity contribution in [2.24, 2.45) is 5.11 Å². The molecule has 0 aromatic heterocycles. The summed E-state index contributed by atoms with van der Waals surface area (Å²) in [7, 11) is 0. The summed E-state index contributed by atoms with van der Waals surface area (Å²) >= 11 is 0. The lowest BCUT2D eigenvalue weighted by Gasteiger charge is -2.06. The average Bonchev–Trinajstić information content (AvgIpc) is 2.13. The standard InChI is InChI=1S/C6H7N3O4/c1-4(5(11)3-10)13-6(12)2-8-9-7/h3-4H,2H2,1H3. The van der Waals surface area contributed by atoms with Gasteiger partial charge in [0.25, 0.3) is 0 Å². The number of aldehydes is 1. The highest BCUT2D eigenvalue weighted by molar-refractivity contribution is 6.27. The van der Waals surface area contributed by atoms with Gasteiger partial charge >= 0.3 is 5.97 Å². The first-order chi connectivity index (χ1) is 6.11. The molecular weight excluding hydrogens is 178 g/mol. The van der Waals surface area contributed by atoms with E-state index < -0.39 is 24.4 Å². The molecule has 0 fully saturated rings. The first-order valence-electron chi connectivity index (χ1n) is 3.31. The quantitative estimate of drug-likeness (QED) is 0.150.